The first-order valence-electron chi connectivity index (χ1n) is 13.9. The van der Waals surface area contributed by atoms with Gasteiger partial charge < -0.3 is 4.74 Å². The lowest BCUT2D eigenvalue weighted by atomic mass is 9.69. The molecule has 33 heavy (non-hydrogen) atoms. The summed E-state index contributed by atoms with van der Waals surface area (Å²) in [4.78, 5) is 12.8. The average Bonchev–Trinajstić information content (AvgIpc) is 2.86. The predicted octanol–water partition coefficient (Wildman–Crippen LogP) is 8.30. The summed E-state index contributed by atoms with van der Waals surface area (Å²) in [6, 6.07) is 8.35. The van der Waals surface area contributed by atoms with Crippen molar-refractivity contribution >= 4 is 5.97 Å². The van der Waals surface area contributed by atoms with E-state index in [2.05, 4.69) is 30.9 Å². The van der Waals surface area contributed by atoms with E-state index in [1.54, 1.807) is 0 Å². The van der Waals surface area contributed by atoms with Crippen molar-refractivity contribution in [3.05, 3.63) is 29.8 Å². The molecule has 0 N–H and O–H groups in total. The van der Waals surface area contributed by atoms with Gasteiger partial charge in [0.15, 0.2) is 0 Å². The van der Waals surface area contributed by atoms with Crippen LogP contribution in [0.4, 0.5) is 0 Å². The fourth-order valence-corrected chi connectivity index (χ4v) is 6.97. The van der Waals surface area contributed by atoms with E-state index in [0.717, 1.165) is 30.6 Å². The highest BCUT2D eigenvalue weighted by Crippen LogP contribution is 2.42. The lowest BCUT2D eigenvalue weighted by Crippen LogP contribution is -2.30. The summed E-state index contributed by atoms with van der Waals surface area (Å²) in [7, 11) is 0. The van der Waals surface area contributed by atoms with E-state index in [1.165, 1.54) is 82.6 Å². The number of carbonyl (C=O) groups excluding carboxylic acids is 1. The molecule has 0 atom stereocenters. The zero-order valence-electron chi connectivity index (χ0n) is 21.0. The second-order valence-electron chi connectivity index (χ2n) is 11.1. The van der Waals surface area contributed by atoms with E-state index < -0.39 is 0 Å². The minimum absolute atomic E-state index is 0.00787. The van der Waals surface area contributed by atoms with Gasteiger partial charge in [0.2, 0.25) is 0 Å². The Kier molecular flexibility index (Phi) is 8.94. The van der Waals surface area contributed by atoms with Crippen molar-refractivity contribution in [3.8, 4) is 17.6 Å². The minimum Gasteiger partial charge on any atom is -0.426 e. The molecule has 0 unspecified atom stereocenters. The van der Waals surface area contributed by atoms with Crippen molar-refractivity contribution in [2.45, 2.75) is 110 Å². The maximum Gasteiger partial charge on any atom is 0.314 e. The Morgan fingerprint density at radius 2 is 1.45 bits per heavy atom. The average molecular weight is 449 g/mol. The lowest BCUT2D eigenvalue weighted by molar-refractivity contribution is -0.140. The van der Waals surface area contributed by atoms with E-state index >= 15 is 0 Å². The second-order valence-corrected chi connectivity index (χ2v) is 11.1. The lowest BCUT2D eigenvalue weighted by Gasteiger charge is -2.37. The van der Waals surface area contributed by atoms with Crippen LogP contribution in [0.3, 0.4) is 0 Å². The Morgan fingerprint density at radius 1 is 0.848 bits per heavy atom. The monoisotopic (exact) mass is 448 g/mol. The van der Waals surface area contributed by atoms with Crippen molar-refractivity contribution in [2.24, 2.45) is 29.6 Å². The van der Waals surface area contributed by atoms with Crippen LogP contribution < -0.4 is 4.74 Å². The first-order valence-corrected chi connectivity index (χ1v) is 13.9. The van der Waals surface area contributed by atoms with Crippen LogP contribution in [0.1, 0.15) is 115 Å². The van der Waals surface area contributed by atoms with Gasteiger partial charge in [0.1, 0.15) is 5.75 Å². The molecule has 4 rings (SSSR count). The van der Waals surface area contributed by atoms with E-state index in [4.69, 9.17) is 4.74 Å². The number of hydrogen-bond donors (Lipinski definition) is 0. The molecule has 180 valence electrons. The number of rotatable bonds is 6. The summed E-state index contributed by atoms with van der Waals surface area (Å²) in [5.41, 5.74) is 1.38. The number of hydrogen-bond acceptors (Lipinski definition) is 2. The topological polar surface area (TPSA) is 26.3 Å². The van der Waals surface area contributed by atoms with Gasteiger partial charge in [-0.3, -0.25) is 4.79 Å². The fraction of sp³-hybridized carbons (Fsp3) is 0.710. The molecule has 1 aromatic carbocycles. The Bertz CT molecular complexity index is 790. The predicted molar refractivity (Wildman–Crippen MR) is 136 cm³/mol. The van der Waals surface area contributed by atoms with Crippen LogP contribution in [0.25, 0.3) is 0 Å². The van der Waals surface area contributed by atoms with Crippen molar-refractivity contribution in [3.63, 3.8) is 0 Å². The molecule has 0 amide bonds. The molecule has 3 fully saturated rings. The quantitative estimate of drug-likeness (QED) is 0.248. The summed E-state index contributed by atoms with van der Waals surface area (Å²) >= 11 is 0. The number of ether oxygens (including phenoxy) is 1. The largest absolute Gasteiger partial charge is 0.426 e. The molecule has 3 saturated carbocycles. The zero-order valence-corrected chi connectivity index (χ0v) is 21.0. The molecule has 0 heterocycles. The van der Waals surface area contributed by atoms with Crippen LogP contribution in [-0.2, 0) is 4.79 Å². The van der Waals surface area contributed by atoms with E-state index in [-0.39, 0.29) is 11.9 Å². The minimum atomic E-state index is -0.00787. The van der Waals surface area contributed by atoms with Crippen LogP contribution in [0.5, 0.6) is 5.75 Å². The zero-order chi connectivity index (χ0) is 23.0. The molecule has 2 heteroatoms. The molecular formula is C31H44O2. The SMILES string of the molecule is CC#CC1CCC(c2ccc(OC(=O)C3CCC(C4CCC(CCC)CC4)CC3)cc2)CC1. The standard InChI is InChI=1S/C31H44O2/c1-3-5-23-7-11-25(12-8-23)27-15-17-29(18-16-27)31(32)33-30-21-19-28(20-22-30)26-13-9-24(6-4-2)10-14-26/h19-27,29H,3,5,7-18H2,1-2H3. The molecule has 0 saturated heterocycles. The first kappa shape index (κ1) is 24.4. The van der Waals surface area contributed by atoms with Crippen LogP contribution in [-0.4, -0.2) is 5.97 Å². The molecule has 2 nitrogen and oxygen atoms in total. The van der Waals surface area contributed by atoms with Gasteiger partial charge in [-0.05, 0) is 112 Å². The molecule has 0 aromatic heterocycles. The third kappa shape index (κ3) is 6.65. The summed E-state index contributed by atoms with van der Waals surface area (Å²) in [6.45, 7) is 4.26. The van der Waals surface area contributed by atoms with Gasteiger partial charge in [-0.15, -0.1) is 11.8 Å². The second kappa shape index (κ2) is 12.1. The van der Waals surface area contributed by atoms with Gasteiger partial charge in [-0.25, -0.2) is 0 Å². The summed E-state index contributed by atoms with van der Waals surface area (Å²) < 4.78 is 5.81. The van der Waals surface area contributed by atoms with Gasteiger partial charge >= 0.3 is 5.97 Å². The van der Waals surface area contributed by atoms with Gasteiger partial charge in [0.05, 0.1) is 5.92 Å². The molecule has 0 bridgehead atoms. The fourth-order valence-electron chi connectivity index (χ4n) is 6.97. The van der Waals surface area contributed by atoms with E-state index in [0.29, 0.717) is 17.6 Å². The molecule has 3 aliphatic rings. The van der Waals surface area contributed by atoms with Crippen molar-refractivity contribution in [1.29, 1.82) is 0 Å². The highest BCUT2D eigenvalue weighted by molar-refractivity contribution is 5.75. The normalized spacial score (nSPS) is 32.4. The van der Waals surface area contributed by atoms with Crippen molar-refractivity contribution in [2.75, 3.05) is 0 Å². The number of carbonyl (C=O) groups is 1. The van der Waals surface area contributed by atoms with Gasteiger partial charge in [-0.2, -0.15) is 0 Å². The Morgan fingerprint density at radius 3 is 2.03 bits per heavy atom. The molecule has 0 spiro atoms. The third-order valence-electron chi connectivity index (χ3n) is 9.01. The number of benzene rings is 1. The van der Waals surface area contributed by atoms with Crippen LogP contribution in [0.15, 0.2) is 24.3 Å². The Labute approximate surface area is 202 Å². The smallest absolute Gasteiger partial charge is 0.314 e. The highest BCUT2D eigenvalue weighted by Gasteiger charge is 2.33. The van der Waals surface area contributed by atoms with Crippen molar-refractivity contribution < 1.29 is 9.53 Å². The Hall–Kier alpha value is -1.75. The summed E-state index contributed by atoms with van der Waals surface area (Å²) in [5, 5.41) is 0. The van der Waals surface area contributed by atoms with Gasteiger partial charge in [0, 0.05) is 5.92 Å². The Balaban J connectivity index is 1.20. The van der Waals surface area contributed by atoms with E-state index in [9.17, 15) is 4.79 Å². The maximum absolute atomic E-state index is 12.8. The van der Waals surface area contributed by atoms with Gasteiger partial charge in [0.25, 0.3) is 0 Å². The molecule has 1 aromatic rings. The summed E-state index contributed by atoms with van der Waals surface area (Å²) in [5.74, 6) is 11.1. The molecular weight excluding hydrogens is 404 g/mol. The van der Waals surface area contributed by atoms with Gasteiger partial charge in [-0.1, -0.05) is 44.7 Å². The molecule has 3 aliphatic carbocycles. The van der Waals surface area contributed by atoms with Crippen LogP contribution >= 0.6 is 0 Å². The number of esters is 1. The molecule has 0 radical (unpaired) electrons. The van der Waals surface area contributed by atoms with E-state index in [1.807, 2.05) is 19.1 Å². The highest BCUT2D eigenvalue weighted by atomic mass is 16.5. The van der Waals surface area contributed by atoms with Crippen LogP contribution in [0, 0.1) is 41.4 Å². The maximum atomic E-state index is 12.8. The van der Waals surface area contributed by atoms with Crippen LogP contribution in [0.2, 0.25) is 0 Å². The summed E-state index contributed by atoms with van der Waals surface area (Å²) in [6.07, 6.45) is 17.7. The first-order chi connectivity index (χ1) is 16.2. The third-order valence-corrected chi connectivity index (χ3v) is 9.01. The molecule has 0 aliphatic heterocycles. The van der Waals surface area contributed by atoms with Crippen molar-refractivity contribution in [1.82, 2.24) is 0 Å².